The average Bonchev–Trinajstić information content (AvgIpc) is 2.55. The van der Waals surface area contributed by atoms with Crippen LogP contribution in [0.1, 0.15) is 42.6 Å². The summed E-state index contributed by atoms with van der Waals surface area (Å²) in [6, 6.07) is 10.1. The highest BCUT2D eigenvalue weighted by Gasteiger charge is 2.30. The van der Waals surface area contributed by atoms with E-state index in [1.807, 2.05) is 18.2 Å². The third kappa shape index (κ3) is 5.37. The van der Waals surface area contributed by atoms with Gasteiger partial charge in [0, 0.05) is 18.3 Å². The lowest BCUT2D eigenvalue weighted by Crippen LogP contribution is -2.26. The summed E-state index contributed by atoms with van der Waals surface area (Å²) < 4.78 is 37.6. The molecule has 2 rings (SSSR count). The van der Waals surface area contributed by atoms with Gasteiger partial charge in [-0.25, -0.2) is 0 Å². The van der Waals surface area contributed by atoms with Gasteiger partial charge in [-0.1, -0.05) is 18.2 Å². The summed E-state index contributed by atoms with van der Waals surface area (Å²) in [7, 11) is 0. The molecule has 0 radical (unpaired) electrons. The average molecular weight is 336 g/mol. The van der Waals surface area contributed by atoms with Crippen molar-refractivity contribution >= 4 is 5.91 Å². The highest BCUT2D eigenvalue weighted by Crippen LogP contribution is 2.29. The van der Waals surface area contributed by atoms with E-state index < -0.39 is 11.7 Å². The van der Waals surface area contributed by atoms with Crippen LogP contribution in [0.5, 0.6) is 0 Å². The lowest BCUT2D eigenvalue weighted by molar-refractivity contribution is -0.137. The Morgan fingerprint density at radius 1 is 1.17 bits per heavy atom. The molecule has 0 aliphatic rings. The molecule has 0 unspecified atom stereocenters. The smallest absolute Gasteiger partial charge is 0.350 e. The molecule has 3 nitrogen and oxygen atoms in total. The first-order valence-corrected chi connectivity index (χ1v) is 7.72. The number of aromatic nitrogens is 1. The molecule has 6 heteroatoms. The maximum absolute atomic E-state index is 12.5. The highest BCUT2D eigenvalue weighted by atomic mass is 19.4. The number of nitrogens with one attached hydrogen (secondary N) is 1. The van der Waals surface area contributed by atoms with E-state index in [1.54, 1.807) is 13.1 Å². The van der Waals surface area contributed by atoms with E-state index in [2.05, 4.69) is 10.3 Å². The molecule has 2 aromatic rings. The van der Waals surface area contributed by atoms with E-state index in [9.17, 15) is 18.0 Å². The summed E-state index contributed by atoms with van der Waals surface area (Å²) in [5.41, 5.74) is 0.877. The van der Waals surface area contributed by atoms with Crippen molar-refractivity contribution in [3.8, 4) is 0 Å². The first-order valence-electron chi connectivity index (χ1n) is 7.72. The van der Waals surface area contributed by atoms with Gasteiger partial charge < -0.3 is 5.32 Å². The van der Waals surface area contributed by atoms with Crippen LogP contribution in [0, 0.1) is 0 Å². The van der Waals surface area contributed by atoms with Gasteiger partial charge in [0.1, 0.15) is 0 Å². The molecule has 24 heavy (non-hydrogen) atoms. The van der Waals surface area contributed by atoms with Crippen LogP contribution in [0.15, 0.2) is 48.7 Å². The summed E-state index contributed by atoms with van der Waals surface area (Å²) in [4.78, 5) is 16.1. The summed E-state index contributed by atoms with van der Waals surface area (Å²) >= 11 is 0. The molecule has 0 saturated heterocycles. The number of alkyl halides is 3. The summed E-state index contributed by atoms with van der Waals surface area (Å²) in [5.74, 6) is -0.127. The molecule has 1 heterocycles. The van der Waals surface area contributed by atoms with Gasteiger partial charge in [-0.2, -0.15) is 13.2 Å². The minimum Gasteiger partial charge on any atom is -0.350 e. The number of benzene rings is 1. The number of rotatable bonds is 6. The number of hydrogen-bond acceptors (Lipinski definition) is 2. The summed E-state index contributed by atoms with van der Waals surface area (Å²) in [6.07, 6.45) is -0.911. The van der Waals surface area contributed by atoms with E-state index in [1.165, 1.54) is 12.1 Å². The lowest BCUT2D eigenvalue weighted by atomic mass is 10.1. The molecule has 0 saturated carbocycles. The van der Waals surface area contributed by atoms with E-state index in [0.29, 0.717) is 24.8 Å². The van der Waals surface area contributed by atoms with Gasteiger partial charge in [0.25, 0.3) is 0 Å². The van der Waals surface area contributed by atoms with Gasteiger partial charge in [-0.3, -0.25) is 9.78 Å². The predicted octanol–water partition coefficient (Wildman–Crippen LogP) is 4.30. The molecular weight excluding hydrogens is 317 g/mol. The minimum absolute atomic E-state index is 0.127. The Bertz CT molecular complexity index is 654. The Hall–Kier alpha value is -2.37. The molecule has 128 valence electrons. The molecule has 1 atom stereocenters. The summed E-state index contributed by atoms with van der Waals surface area (Å²) in [6.45, 7) is 1.75. The fourth-order valence-electron chi connectivity index (χ4n) is 2.33. The van der Waals surface area contributed by atoms with Crippen LogP contribution in [0.3, 0.4) is 0 Å². The van der Waals surface area contributed by atoms with Crippen LogP contribution < -0.4 is 5.32 Å². The van der Waals surface area contributed by atoms with Crippen molar-refractivity contribution in [1.82, 2.24) is 10.3 Å². The van der Waals surface area contributed by atoms with Crippen LogP contribution in [0.4, 0.5) is 13.2 Å². The van der Waals surface area contributed by atoms with Crippen molar-refractivity contribution in [3.05, 3.63) is 65.5 Å². The monoisotopic (exact) mass is 336 g/mol. The van der Waals surface area contributed by atoms with E-state index >= 15 is 0 Å². The van der Waals surface area contributed by atoms with Gasteiger partial charge in [-0.05, 0) is 49.6 Å². The highest BCUT2D eigenvalue weighted by molar-refractivity contribution is 5.76. The minimum atomic E-state index is -4.35. The van der Waals surface area contributed by atoms with E-state index in [4.69, 9.17) is 0 Å². The quantitative estimate of drug-likeness (QED) is 0.854. The van der Waals surface area contributed by atoms with Gasteiger partial charge in [0.15, 0.2) is 0 Å². The molecule has 0 aliphatic heterocycles. The Morgan fingerprint density at radius 3 is 2.46 bits per heavy atom. The molecule has 0 bridgehead atoms. The van der Waals surface area contributed by atoms with Crippen molar-refractivity contribution in [2.24, 2.45) is 0 Å². The molecule has 1 N–H and O–H groups in total. The number of aryl methyl sites for hydroxylation is 1. The van der Waals surface area contributed by atoms with Crippen LogP contribution in [0.2, 0.25) is 0 Å². The van der Waals surface area contributed by atoms with Crippen molar-refractivity contribution in [2.75, 3.05) is 0 Å². The third-order valence-electron chi connectivity index (χ3n) is 3.68. The maximum atomic E-state index is 12.5. The second kappa shape index (κ2) is 7.95. The van der Waals surface area contributed by atoms with E-state index in [0.717, 1.165) is 17.8 Å². The second-order valence-corrected chi connectivity index (χ2v) is 5.58. The Balaban J connectivity index is 1.80. The standard InChI is InChI=1S/C18H19F3N2O/c1-13(14-8-10-15(11-9-14)18(19,20)21)23-17(24)7-4-6-16-5-2-3-12-22-16/h2-3,5,8-13H,4,6-7H2,1H3,(H,23,24)/t13-/m1/s1. The molecular formula is C18H19F3N2O. The lowest BCUT2D eigenvalue weighted by Gasteiger charge is -2.15. The normalized spacial score (nSPS) is 12.7. The second-order valence-electron chi connectivity index (χ2n) is 5.58. The van der Waals surface area contributed by atoms with Crippen LogP contribution in [-0.2, 0) is 17.4 Å². The molecule has 1 amide bonds. The summed E-state index contributed by atoms with van der Waals surface area (Å²) in [5, 5.41) is 2.80. The third-order valence-corrected chi connectivity index (χ3v) is 3.68. The number of hydrogen-bond donors (Lipinski definition) is 1. The number of halogens is 3. The topological polar surface area (TPSA) is 42.0 Å². The maximum Gasteiger partial charge on any atom is 0.416 e. The molecule has 0 aliphatic carbocycles. The molecule has 1 aromatic heterocycles. The van der Waals surface area contributed by atoms with Crippen molar-refractivity contribution in [2.45, 2.75) is 38.4 Å². The van der Waals surface area contributed by atoms with Gasteiger partial charge in [0.05, 0.1) is 11.6 Å². The first-order chi connectivity index (χ1) is 11.4. The van der Waals surface area contributed by atoms with Gasteiger partial charge in [0.2, 0.25) is 5.91 Å². The molecule has 0 spiro atoms. The zero-order valence-corrected chi connectivity index (χ0v) is 13.3. The Labute approximate surface area is 138 Å². The number of carbonyl (C=O) groups is 1. The van der Waals surface area contributed by atoms with Crippen LogP contribution in [-0.4, -0.2) is 10.9 Å². The zero-order chi connectivity index (χ0) is 17.6. The van der Waals surface area contributed by atoms with Crippen molar-refractivity contribution < 1.29 is 18.0 Å². The van der Waals surface area contributed by atoms with Crippen LogP contribution >= 0.6 is 0 Å². The number of amides is 1. The Morgan fingerprint density at radius 2 is 1.88 bits per heavy atom. The SMILES string of the molecule is C[C@@H](NC(=O)CCCc1ccccn1)c1ccc(C(F)(F)F)cc1. The zero-order valence-electron chi connectivity index (χ0n) is 13.3. The largest absolute Gasteiger partial charge is 0.416 e. The predicted molar refractivity (Wildman–Crippen MR) is 85.2 cm³/mol. The van der Waals surface area contributed by atoms with Crippen molar-refractivity contribution in [3.63, 3.8) is 0 Å². The van der Waals surface area contributed by atoms with Gasteiger partial charge >= 0.3 is 6.18 Å². The van der Waals surface area contributed by atoms with Gasteiger partial charge in [-0.15, -0.1) is 0 Å². The first kappa shape index (κ1) is 18.0. The van der Waals surface area contributed by atoms with Crippen LogP contribution in [0.25, 0.3) is 0 Å². The fraction of sp³-hybridized carbons (Fsp3) is 0.333. The van der Waals surface area contributed by atoms with E-state index in [-0.39, 0.29) is 11.9 Å². The molecule has 1 aromatic carbocycles. The number of pyridine rings is 1. The number of carbonyl (C=O) groups excluding carboxylic acids is 1. The number of nitrogens with zero attached hydrogens (tertiary/aromatic N) is 1. The fourth-order valence-corrected chi connectivity index (χ4v) is 2.33. The molecule has 0 fully saturated rings. The Kier molecular flexibility index (Phi) is 5.95. The van der Waals surface area contributed by atoms with Crippen molar-refractivity contribution in [1.29, 1.82) is 0 Å².